The van der Waals surface area contributed by atoms with E-state index in [-0.39, 0.29) is 24.7 Å². The number of esters is 3. The molecule has 0 aromatic carbocycles. The maximum atomic E-state index is 12.3. The van der Waals surface area contributed by atoms with Gasteiger partial charge in [-0.15, -0.1) is 0 Å². The zero-order chi connectivity index (χ0) is 17.9. The molecule has 2 heterocycles. The molecule has 0 bridgehead atoms. The first-order valence-corrected chi connectivity index (χ1v) is 8.24. The van der Waals surface area contributed by atoms with E-state index in [1.54, 1.807) is 13.8 Å². The molecule has 1 saturated heterocycles. The molecule has 0 aromatic heterocycles. The first kappa shape index (κ1) is 18.4. The lowest BCUT2D eigenvalue weighted by Crippen LogP contribution is -2.42. The van der Waals surface area contributed by atoms with Crippen LogP contribution in [0.4, 0.5) is 0 Å². The summed E-state index contributed by atoms with van der Waals surface area (Å²) in [5.41, 5.74) is -0.358. The van der Waals surface area contributed by atoms with Gasteiger partial charge in [-0.1, -0.05) is 13.0 Å². The molecule has 0 amide bonds. The number of hydrogen-bond acceptors (Lipinski definition) is 7. The molecule has 2 aliphatic heterocycles. The van der Waals surface area contributed by atoms with E-state index in [1.807, 2.05) is 6.08 Å². The average Bonchev–Trinajstić information content (AvgIpc) is 3.07. The smallest absolute Gasteiger partial charge is 0.350 e. The van der Waals surface area contributed by atoms with Crippen molar-refractivity contribution in [1.82, 2.24) is 4.90 Å². The Balaban J connectivity index is 1.97. The molecule has 134 valence electrons. The van der Waals surface area contributed by atoms with E-state index in [0.29, 0.717) is 6.42 Å². The van der Waals surface area contributed by atoms with Crippen LogP contribution in [-0.2, 0) is 28.6 Å². The Kier molecular flexibility index (Phi) is 5.64. The Bertz CT molecular complexity index is 557. The molecular weight excluding hydrogens is 314 g/mol. The summed E-state index contributed by atoms with van der Waals surface area (Å²) in [5, 5.41) is 0. The molecule has 1 unspecified atom stereocenters. The molecule has 3 atom stereocenters. The van der Waals surface area contributed by atoms with Gasteiger partial charge in [-0.25, -0.2) is 4.79 Å². The highest BCUT2D eigenvalue weighted by Crippen LogP contribution is 2.31. The fourth-order valence-corrected chi connectivity index (χ4v) is 3.22. The summed E-state index contributed by atoms with van der Waals surface area (Å²) >= 11 is 0. The van der Waals surface area contributed by atoms with Crippen molar-refractivity contribution in [3.8, 4) is 0 Å². The molecule has 1 fully saturated rings. The second-order valence-electron chi connectivity index (χ2n) is 6.41. The normalized spacial score (nSPS) is 25.4. The molecule has 0 spiro atoms. The van der Waals surface area contributed by atoms with E-state index in [9.17, 15) is 14.4 Å². The molecule has 0 radical (unpaired) electrons. The quantitative estimate of drug-likeness (QED) is 0.409. The van der Waals surface area contributed by atoms with Gasteiger partial charge in [0.25, 0.3) is 0 Å². The zero-order valence-electron chi connectivity index (χ0n) is 14.7. The lowest BCUT2D eigenvalue weighted by molar-refractivity contribution is -0.179. The number of hydrogen-bond donors (Lipinski definition) is 0. The van der Waals surface area contributed by atoms with Crippen LogP contribution in [0.5, 0.6) is 0 Å². The van der Waals surface area contributed by atoms with Crippen LogP contribution in [-0.4, -0.2) is 60.3 Å². The van der Waals surface area contributed by atoms with Crippen molar-refractivity contribution in [3.63, 3.8) is 0 Å². The van der Waals surface area contributed by atoms with E-state index < -0.39 is 17.5 Å². The number of rotatable bonds is 6. The van der Waals surface area contributed by atoms with Gasteiger partial charge in [0.1, 0.15) is 12.7 Å². The highest BCUT2D eigenvalue weighted by atomic mass is 16.6. The SMILES string of the molecule is CCC(C)(OC(C)=O)C(=O)OCC1=CCN2CC[C@@H](OC(C)=O)[C@@H]12. The predicted molar refractivity (Wildman–Crippen MR) is 85.0 cm³/mol. The summed E-state index contributed by atoms with van der Waals surface area (Å²) in [6.07, 6.45) is 2.90. The average molecular weight is 339 g/mol. The fourth-order valence-electron chi connectivity index (χ4n) is 3.22. The summed E-state index contributed by atoms with van der Waals surface area (Å²) in [6.45, 7) is 7.67. The number of nitrogens with zero attached hydrogens (tertiary/aromatic N) is 1. The van der Waals surface area contributed by atoms with Gasteiger partial charge in [0.2, 0.25) is 5.60 Å². The highest BCUT2D eigenvalue weighted by molar-refractivity contribution is 5.82. The summed E-state index contributed by atoms with van der Waals surface area (Å²) in [5.74, 6) is -1.40. The molecule has 0 saturated carbocycles. The third kappa shape index (κ3) is 3.95. The lowest BCUT2D eigenvalue weighted by atomic mass is 10.0. The van der Waals surface area contributed by atoms with Crippen LogP contribution in [0, 0.1) is 0 Å². The largest absolute Gasteiger partial charge is 0.460 e. The number of carbonyl (C=O) groups excluding carboxylic acids is 3. The van der Waals surface area contributed by atoms with E-state index >= 15 is 0 Å². The summed E-state index contributed by atoms with van der Waals surface area (Å²) in [7, 11) is 0. The summed E-state index contributed by atoms with van der Waals surface area (Å²) in [6, 6.07) is -0.0386. The Morgan fingerprint density at radius 3 is 2.58 bits per heavy atom. The van der Waals surface area contributed by atoms with Crippen molar-refractivity contribution in [2.45, 2.75) is 58.3 Å². The van der Waals surface area contributed by atoms with Gasteiger partial charge in [-0.2, -0.15) is 0 Å². The predicted octanol–water partition coefficient (Wildman–Crippen LogP) is 1.21. The molecule has 24 heavy (non-hydrogen) atoms. The Labute approximate surface area is 141 Å². The van der Waals surface area contributed by atoms with Crippen molar-refractivity contribution in [1.29, 1.82) is 0 Å². The Morgan fingerprint density at radius 1 is 1.29 bits per heavy atom. The second kappa shape index (κ2) is 7.34. The van der Waals surface area contributed by atoms with Gasteiger partial charge in [-0.3, -0.25) is 14.5 Å². The van der Waals surface area contributed by atoms with Crippen molar-refractivity contribution in [3.05, 3.63) is 11.6 Å². The molecule has 2 rings (SSSR count). The molecule has 2 aliphatic rings. The van der Waals surface area contributed by atoms with Crippen LogP contribution >= 0.6 is 0 Å². The van der Waals surface area contributed by atoms with Crippen LogP contribution in [0.3, 0.4) is 0 Å². The fraction of sp³-hybridized carbons (Fsp3) is 0.706. The second-order valence-corrected chi connectivity index (χ2v) is 6.41. The highest BCUT2D eigenvalue weighted by Gasteiger charge is 2.42. The minimum atomic E-state index is -1.28. The van der Waals surface area contributed by atoms with E-state index in [1.165, 1.54) is 13.8 Å². The van der Waals surface area contributed by atoms with Crippen molar-refractivity contribution in [2.24, 2.45) is 0 Å². The first-order chi connectivity index (χ1) is 11.3. The van der Waals surface area contributed by atoms with Crippen LogP contribution in [0.2, 0.25) is 0 Å². The molecule has 0 N–H and O–H groups in total. The maximum absolute atomic E-state index is 12.3. The maximum Gasteiger partial charge on any atom is 0.350 e. The molecular formula is C17H25NO6. The summed E-state index contributed by atoms with van der Waals surface area (Å²) in [4.78, 5) is 36.9. The van der Waals surface area contributed by atoms with Gasteiger partial charge in [-0.05, 0) is 25.3 Å². The summed E-state index contributed by atoms with van der Waals surface area (Å²) < 4.78 is 15.9. The minimum absolute atomic E-state index is 0.0386. The third-order valence-electron chi connectivity index (χ3n) is 4.58. The number of carbonyl (C=O) groups is 3. The van der Waals surface area contributed by atoms with Crippen LogP contribution in [0.15, 0.2) is 11.6 Å². The van der Waals surface area contributed by atoms with E-state index in [4.69, 9.17) is 14.2 Å². The first-order valence-electron chi connectivity index (χ1n) is 8.24. The van der Waals surface area contributed by atoms with Gasteiger partial charge in [0, 0.05) is 26.9 Å². The van der Waals surface area contributed by atoms with Gasteiger partial charge < -0.3 is 14.2 Å². The zero-order valence-corrected chi connectivity index (χ0v) is 14.7. The van der Waals surface area contributed by atoms with Crippen LogP contribution < -0.4 is 0 Å². The van der Waals surface area contributed by atoms with Gasteiger partial charge >= 0.3 is 17.9 Å². The standard InChI is InChI=1S/C17H25NO6/c1-5-17(4,24-12(3)20)16(21)22-10-13-6-8-18-9-7-14(15(13)18)23-11(2)19/h6,14-15H,5,7-10H2,1-4H3/t14-,15-,17?/m1/s1. The van der Waals surface area contributed by atoms with Gasteiger partial charge in [0.15, 0.2) is 0 Å². The van der Waals surface area contributed by atoms with Crippen LogP contribution in [0.25, 0.3) is 0 Å². The van der Waals surface area contributed by atoms with Crippen molar-refractivity contribution < 1.29 is 28.6 Å². The Hall–Kier alpha value is -1.89. The Morgan fingerprint density at radius 2 is 2.00 bits per heavy atom. The van der Waals surface area contributed by atoms with Gasteiger partial charge in [0.05, 0.1) is 6.04 Å². The number of fused-ring (bicyclic) bond motifs is 1. The van der Waals surface area contributed by atoms with E-state index in [0.717, 1.165) is 25.1 Å². The minimum Gasteiger partial charge on any atom is -0.460 e. The molecule has 7 nitrogen and oxygen atoms in total. The topological polar surface area (TPSA) is 82.1 Å². The van der Waals surface area contributed by atoms with Crippen molar-refractivity contribution >= 4 is 17.9 Å². The monoisotopic (exact) mass is 339 g/mol. The molecule has 0 aliphatic carbocycles. The van der Waals surface area contributed by atoms with Crippen molar-refractivity contribution in [2.75, 3.05) is 19.7 Å². The molecule has 7 heteroatoms. The van der Waals surface area contributed by atoms with Crippen LogP contribution in [0.1, 0.15) is 40.5 Å². The number of ether oxygens (including phenoxy) is 3. The van der Waals surface area contributed by atoms with E-state index in [2.05, 4.69) is 4.90 Å². The molecule has 0 aromatic rings. The third-order valence-corrected chi connectivity index (χ3v) is 4.58. The lowest BCUT2D eigenvalue weighted by Gasteiger charge is -2.27.